The number of aromatic nitrogens is 5. The average molecular weight is 420 g/mol. The van der Waals surface area contributed by atoms with Gasteiger partial charge in [0.05, 0.1) is 28.5 Å². The minimum absolute atomic E-state index is 0.0709. The largest absolute Gasteiger partial charge is 0.417 e. The molecule has 0 saturated heterocycles. The lowest BCUT2D eigenvalue weighted by Gasteiger charge is -2.11. The fraction of sp³-hybridized carbons (Fsp3) is 0.158. The molecule has 4 aromatic rings. The Kier molecular flexibility index (Phi) is 4.42. The molecule has 0 aliphatic heterocycles. The fourth-order valence-electron chi connectivity index (χ4n) is 2.89. The van der Waals surface area contributed by atoms with E-state index in [1.807, 2.05) is 26.0 Å². The molecule has 0 aliphatic carbocycles. The van der Waals surface area contributed by atoms with Crippen molar-refractivity contribution in [3.63, 3.8) is 0 Å². The molecule has 0 N–H and O–H groups in total. The molecule has 0 fully saturated rings. The molecule has 0 atom stereocenters. The number of hydrogen-bond acceptors (Lipinski definition) is 4. The van der Waals surface area contributed by atoms with Gasteiger partial charge in [-0.25, -0.2) is 9.97 Å². The summed E-state index contributed by atoms with van der Waals surface area (Å²) in [6.45, 7) is 3.93. The summed E-state index contributed by atoms with van der Waals surface area (Å²) in [4.78, 5) is 20.7. The van der Waals surface area contributed by atoms with Crippen molar-refractivity contribution in [1.29, 1.82) is 0 Å². The highest BCUT2D eigenvalue weighted by Gasteiger charge is 2.30. The number of halogens is 4. The summed E-state index contributed by atoms with van der Waals surface area (Å²) in [6, 6.07) is 5.74. The van der Waals surface area contributed by atoms with E-state index in [2.05, 4.69) is 15.1 Å². The van der Waals surface area contributed by atoms with Crippen LogP contribution in [-0.4, -0.2) is 24.3 Å². The van der Waals surface area contributed by atoms with Gasteiger partial charge in [0.1, 0.15) is 11.3 Å². The van der Waals surface area contributed by atoms with Crippen molar-refractivity contribution in [3.05, 3.63) is 75.1 Å². The van der Waals surface area contributed by atoms with Crippen LogP contribution in [0.15, 0.2) is 47.8 Å². The van der Waals surface area contributed by atoms with Crippen LogP contribution in [0.2, 0.25) is 5.02 Å². The normalized spacial score (nSPS) is 11.9. The summed E-state index contributed by atoms with van der Waals surface area (Å²) in [5, 5.41) is 3.88. The zero-order valence-corrected chi connectivity index (χ0v) is 16.0. The monoisotopic (exact) mass is 419 g/mol. The van der Waals surface area contributed by atoms with E-state index >= 15 is 0 Å². The van der Waals surface area contributed by atoms with Gasteiger partial charge >= 0.3 is 6.18 Å². The summed E-state index contributed by atoms with van der Waals surface area (Å²) >= 11 is 6.29. The third-order valence-corrected chi connectivity index (χ3v) is 4.97. The summed E-state index contributed by atoms with van der Waals surface area (Å²) < 4.78 is 40.6. The Morgan fingerprint density at radius 3 is 2.41 bits per heavy atom. The maximum Gasteiger partial charge on any atom is 0.417 e. The van der Waals surface area contributed by atoms with Crippen molar-refractivity contribution in [3.8, 4) is 11.5 Å². The van der Waals surface area contributed by atoms with Gasteiger partial charge in [-0.3, -0.25) is 9.36 Å². The summed E-state index contributed by atoms with van der Waals surface area (Å²) in [5.41, 5.74) is 2.29. The molecule has 3 heterocycles. The third-order valence-electron chi connectivity index (χ3n) is 4.61. The van der Waals surface area contributed by atoms with E-state index in [4.69, 9.17) is 11.6 Å². The van der Waals surface area contributed by atoms with Crippen LogP contribution in [0.25, 0.3) is 22.5 Å². The minimum atomic E-state index is -4.52. The number of hydrogen-bond donors (Lipinski definition) is 0. The lowest BCUT2D eigenvalue weighted by molar-refractivity contribution is -0.137. The number of nitrogens with zero attached hydrogens (tertiary/aromatic N) is 5. The Bertz CT molecular complexity index is 1290. The molecule has 10 heteroatoms. The lowest BCUT2D eigenvalue weighted by Crippen LogP contribution is -2.24. The van der Waals surface area contributed by atoms with Gasteiger partial charge in [-0.05, 0) is 49.2 Å². The van der Waals surface area contributed by atoms with Crippen LogP contribution >= 0.6 is 11.6 Å². The van der Waals surface area contributed by atoms with Crippen LogP contribution in [0.4, 0.5) is 13.2 Å². The number of pyridine rings is 1. The predicted octanol–water partition coefficient (Wildman–Crippen LogP) is 4.26. The number of benzene rings is 1. The van der Waals surface area contributed by atoms with Gasteiger partial charge in [-0.1, -0.05) is 11.6 Å². The predicted molar refractivity (Wildman–Crippen MR) is 102 cm³/mol. The summed E-state index contributed by atoms with van der Waals surface area (Å²) in [5.74, 6) is -0.0709. The highest BCUT2D eigenvalue weighted by molar-refractivity contribution is 6.32. The minimum Gasteiger partial charge on any atom is -0.295 e. The van der Waals surface area contributed by atoms with Crippen LogP contribution in [-0.2, 0) is 6.18 Å². The van der Waals surface area contributed by atoms with Crippen molar-refractivity contribution < 1.29 is 13.2 Å². The van der Waals surface area contributed by atoms with Gasteiger partial charge in [0.25, 0.3) is 5.56 Å². The van der Waals surface area contributed by atoms with E-state index in [0.717, 1.165) is 39.0 Å². The first-order chi connectivity index (χ1) is 13.7. The number of imidazole rings is 1. The highest BCUT2D eigenvalue weighted by atomic mass is 35.5. The van der Waals surface area contributed by atoms with Crippen molar-refractivity contribution in [2.75, 3.05) is 0 Å². The molecule has 0 amide bonds. The van der Waals surface area contributed by atoms with Crippen LogP contribution in [0.5, 0.6) is 0 Å². The van der Waals surface area contributed by atoms with Crippen molar-refractivity contribution in [2.45, 2.75) is 20.0 Å². The number of fused-ring (bicyclic) bond motifs is 1. The van der Waals surface area contributed by atoms with Gasteiger partial charge < -0.3 is 0 Å². The lowest BCUT2D eigenvalue weighted by atomic mass is 10.1. The Balaban J connectivity index is 1.81. The van der Waals surface area contributed by atoms with Crippen LogP contribution in [0, 0.1) is 13.8 Å². The second kappa shape index (κ2) is 6.70. The molecular formula is C19H13ClF3N5O. The molecule has 0 radical (unpaired) electrons. The summed E-state index contributed by atoms with van der Waals surface area (Å²) in [7, 11) is 0. The van der Waals surface area contributed by atoms with E-state index in [-0.39, 0.29) is 10.8 Å². The van der Waals surface area contributed by atoms with E-state index in [0.29, 0.717) is 11.9 Å². The molecule has 3 aromatic heterocycles. The van der Waals surface area contributed by atoms with Gasteiger partial charge in [-0.15, -0.1) is 0 Å². The molecular weight excluding hydrogens is 407 g/mol. The Hall–Kier alpha value is -3.20. The summed E-state index contributed by atoms with van der Waals surface area (Å²) in [6.07, 6.45) is -1.00. The molecule has 0 aliphatic rings. The molecule has 0 saturated carbocycles. The second-order valence-corrected chi connectivity index (χ2v) is 6.88. The van der Waals surface area contributed by atoms with Crippen molar-refractivity contribution in [2.24, 2.45) is 0 Å². The van der Waals surface area contributed by atoms with Gasteiger partial charge in [0, 0.05) is 6.20 Å². The van der Waals surface area contributed by atoms with Gasteiger partial charge in [0.15, 0.2) is 5.82 Å². The van der Waals surface area contributed by atoms with E-state index in [1.54, 1.807) is 4.57 Å². The second-order valence-electron chi connectivity index (χ2n) is 6.50. The highest BCUT2D eigenvalue weighted by Crippen LogP contribution is 2.29. The molecule has 1 aromatic carbocycles. The Morgan fingerprint density at radius 1 is 1.03 bits per heavy atom. The molecule has 29 heavy (non-hydrogen) atoms. The molecule has 148 valence electrons. The molecule has 0 unspecified atom stereocenters. The Morgan fingerprint density at radius 2 is 1.76 bits per heavy atom. The van der Waals surface area contributed by atoms with Gasteiger partial charge in [0.2, 0.25) is 0 Å². The maximum absolute atomic E-state index is 12.7. The standard InChI is InChI=1S/C19H13ClF3N5O/c1-10-5-13-14(6-11(10)2)27(9-25-13)15-8-26-28(18(29)17(15)20)16-4-3-12(7-24-16)19(21,22)23/h3-9H,1-2H3. The molecule has 0 bridgehead atoms. The average Bonchev–Trinajstić information content (AvgIpc) is 3.06. The zero-order valence-electron chi connectivity index (χ0n) is 15.2. The zero-order chi connectivity index (χ0) is 20.9. The van der Waals surface area contributed by atoms with E-state index in [9.17, 15) is 18.0 Å². The van der Waals surface area contributed by atoms with Crippen molar-refractivity contribution in [1.82, 2.24) is 24.3 Å². The first-order valence-corrected chi connectivity index (χ1v) is 8.81. The fourth-order valence-corrected chi connectivity index (χ4v) is 3.11. The molecule has 4 rings (SSSR count). The maximum atomic E-state index is 12.7. The quantitative estimate of drug-likeness (QED) is 0.487. The smallest absolute Gasteiger partial charge is 0.295 e. The molecule has 0 spiro atoms. The third kappa shape index (κ3) is 3.27. The SMILES string of the molecule is Cc1cc2ncn(-c3cnn(-c4ccc(C(F)(F)F)cn4)c(=O)c3Cl)c2cc1C. The number of alkyl halides is 3. The van der Waals surface area contributed by atoms with E-state index < -0.39 is 17.3 Å². The van der Waals surface area contributed by atoms with Gasteiger partial charge in [-0.2, -0.15) is 23.0 Å². The number of rotatable bonds is 2. The van der Waals surface area contributed by atoms with Crippen LogP contribution in [0.1, 0.15) is 16.7 Å². The molecule has 6 nitrogen and oxygen atoms in total. The van der Waals surface area contributed by atoms with E-state index in [1.165, 1.54) is 12.5 Å². The first kappa shape index (κ1) is 19.1. The van der Waals surface area contributed by atoms with Crippen LogP contribution in [0.3, 0.4) is 0 Å². The van der Waals surface area contributed by atoms with Crippen molar-refractivity contribution >= 4 is 22.6 Å². The topological polar surface area (TPSA) is 65.6 Å². The first-order valence-electron chi connectivity index (χ1n) is 8.43. The van der Waals surface area contributed by atoms with Crippen LogP contribution < -0.4 is 5.56 Å². The Labute approximate surface area is 167 Å². The number of aryl methyl sites for hydroxylation is 2.